The molecule has 4 nitrogen and oxygen atoms in total. The van der Waals surface area contributed by atoms with Gasteiger partial charge in [-0.2, -0.15) is 0 Å². The van der Waals surface area contributed by atoms with Gasteiger partial charge in [0.2, 0.25) is 11.8 Å². The summed E-state index contributed by atoms with van der Waals surface area (Å²) in [7, 11) is 0. The van der Waals surface area contributed by atoms with Gasteiger partial charge in [0.15, 0.2) is 0 Å². The van der Waals surface area contributed by atoms with Crippen molar-refractivity contribution in [2.45, 2.75) is 32.2 Å². The van der Waals surface area contributed by atoms with Gasteiger partial charge in [-0.15, -0.1) is 0 Å². The SMILES string of the molecule is CC1CCN(C2CC(=O)NC2=O)CC1. The second kappa shape index (κ2) is 3.69. The monoisotopic (exact) mass is 196 g/mol. The molecule has 0 aromatic heterocycles. The molecule has 0 saturated carbocycles. The highest BCUT2D eigenvalue weighted by Crippen LogP contribution is 2.20. The largest absolute Gasteiger partial charge is 0.295 e. The highest BCUT2D eigenvalue weighted by atomic mass is 16.2. The summed E-state index contributed by atoms with van der Waals surface area (Å²) in [6.07, 6.45) is 2.63. The van der Waals surface area contributed by atoms with E-state index in [0.29, 0.717) is 6.42 Å². The Balaban J connectivity index is 1.95. The molecule has 0 aromatic rings. The molecule has 4 heteroatoms. The minimum atomic E-state index is -0.185. The predicted octanol–water partition coefficient (Wildman–Crippen LogP) is 0.133. The molecule has 2 amide bonds. The molecule has 14 heavy (non-hydrogen) atoms. The lowest BCUT2D eigenvalue weighted by molar-refractivity contribution is -0.126. The second-order valence-corrected chi connectivity index (χ2v) is 4.35. The number of rotatable bonds is 1. The van der Waals surface area contributed by atoms with Crippen LogP contribution < -0.4 is 5.32 Å². The molecular weight excluding hydrogens is 180 g/mol. The summed E-state index contributed by atoms with van der Waals surface area (Å²) < 4.78 is 0. The Labute approximate surface area is 83.6 Å². The van der Waals surface area contributed by atoms with E-state index >= 15 is 0 Å². The first-order valence-electron chi connectivity index (χ1n) is 5.24. The first-order valence-corrected chi connectivity index (χ1v) is 5.24. The van der Waals surface area contributed by atoms with Gasteiger partial charge in [0.1, 0.15) is 0 Å². The molecule has 2 saturated heterocycles. The Bertz CT molecular complexity index is 257. The van der Waals surface area contributed by atoms with Crippen molar-refractivity contribution in [3.8, 4) is 0 Å². The van der Waals surface area contributed by atoms with Crippen LogP contribution >= 0.6 is 0 Å². The number of piperidine rings is 1. The van der Waals surface area contributed by atoms with E-state index in [9.17, 15) is 9.59 Å². The average molecular weight is 196 g/mol. The Morgan fingerprint density at radius 2 is 1.93 bits per heavy atom. The number of likely N-dealkylation sites (tertiary alicyclic amines) is 1. The number of amides is 2. The highest BCUT2D eigenvalue weighted by Gasteiger charge is 2.36. The van der Waals surface area contributed by atoms with Crippen molar-refractivity contribution in [1.29, 1.82) is 0 Å². The zero-order valence-electron chi connectivity index (χ0n) is 8.45. The lowest BCUT2D eigenvalue weighted by Gasteiger charge is -2.32. The van der Waals surface area contributed by atoms with Crippen molar-refractivity contribution >= 4 is 11.8 Å². The molecule has 0 aromatic carbocycles. The fraction of sp³-hybridized carbons (Fsp3) is 0.800. The summed E-state index contributed by atoms with van der Waals surface area (Å²) in [5, 5.41) is 2.36. The molecule has 2 fully saturated rings. The smallest absolute Gasteiger partial charge is 0.244 e. The Hall–Kier alpha value is -0.900. The van der Waals surface area contributed by atoms with Crippen LogP contribution in [0, 0.1) is 5.92 Å². The highest BCUT2D eigenvalue weighted by molar-refractivity contribution is 6.05. The van der Waals surface area contributed by atoms with Gasteiger partial charge in [0.05, 0.1) is 12.5 Å². The molecule has 2 heterocycles. The topological polar surface area (TPSA) is 49.4 Å². The van der Waals surface area contributed by atoms with Gasteiger partial charge in [0.25, 0.3) is 0 Å². The van der Waals surface area contributed by atoms with Crippen molar-refractivity contribution in [3.05, 3.63) is 0 Å². The molecule has 1 N–H and O–H groups in total. The normalized spacial score (nSPS) is 30.8. The zero-order chi connectivity index (χ0) is 10.1. The number of carbonyl (C=O) groups excluding carboxylic acids is 2. The predicted molar refractivity (Wildman–Crippen MR) is 51.5 cm³/mol. The maximum atomic E-state index is 11.4. The van der Waals surface area contributed by atoms with Crippen LogP contribution in [0.3, 0.4) is 0 Å². The van der Waals surface area contributed by atoms with Crippen LogP contribution in [0.5, 0.6) is 0 Å². The number of hydrogen-bond donors (Lipinski definition) is 1. The van der Waals surface area contributed by atoms with Crippen molar-refractivity contribution in [3.63, 3.8) is 0 Å². The molecule has 0 spiro atoms. The van der Waals surface area contributed by atoms with Crippen LogP contribution in [0.1, 0.15) is 26.2 Å². The summed E-state index contributed by atoms with van der Waals surface area (Å²) in [6, 6.07) is -0.185. The third-order valence-electron chi connectivity index (χ3n) is 3.20. The molecule has 1 atom stereocenters. The molecule has 1 unspecified atom stereocenters. The van der Waals surface area contributed by atoms with Gasteiger partial charge in [-0.25, -0.2) is 0 Å². The zero-order valence-corrected chi connectivity index (χ0v) is 8.45. The summed E-state index contributed by atoms with van der Waals surface area (Å²) in [5.74, 6) is 0.523. The molecule has 78 valence electrons. The molecule has 0 radical (unpaired) electrons. The van der Waals surface area contributed by atoms with E-state index in [-0.39, 0.29) is 17.9 Å². The third-order valence-corrected chi connectivity index (χ3v) is 3.20. The van der Waals surface area contributed by atoms with Gasteiger partial charge < -0.3 is 0 Å². The first-order chi connectivity index (χ1) is 6.66. The van der Waals surface area contributed by atoms with Gasteiger partial charge in [-0.05, 0) is 31.8 Å². The number of nitrogens with one attached hydrogen (secondary N) is 1. The van der Waals surface area contributed by atoms with Crippen LogP contribution in [0.15, 0.2) is 0 Å². The fourth-order valence-corrected chi connectivity index (χ4v) is 2.18. The summed E-state index contributed by atoms with van der Waals surface area (Å²) in [4.78, 5) is 24.5. The number of hydrogen-bond acceptors (Lipinski definition) is 3. The summed E-state index contributed by atoms with van der Waals surface area (Å²) >= 11 is 0. The molecular formula is C10H16N2O2. The third kappa shape index (κ3) is 1.80. The van der Waals surface area contributed by atoms with Gasteiger partial charge in [0, 0.05) is 0 Å². The number of imide groups is 1. The molecule has 0 bridgehead atoms. The van der Waals surface area contributed by atoms with Crippen molar-refractivity contribution in [1.82, 2.24) is 10.2 Å². The van der Waals surface area contributed by atoms with Crippen LogP contribution in [0.25, 0.3) is 0 Å². The first kappa shape index (κ1) is 9.65. The second-order valence-electron chi connectivity index (χ2n) is 4.35. The standard InChI is InChI=1S/C10H16N2O2/c1-7-2-4-12(5-3-7)8-6-9(13)11-10(8)14/h7-8H,2-6H2,1H3,(H,11,13,14). The molecule has 2 aliphatic rings. The van der Waals surface area contributed by atoms with Crippen molar-refractivity contribution in [2.24, 2.45) is 5.92 Å². The number of nitrogens with zero attached hydrogens (tertiary/aromatic N) is 1. The minimum Gasteiger partial charge on any atom is -0.295 e. The van der Waals surface area contributed by atoms with Crippen LogP contribution in [0.4, 0.5) is 0 Å². The van der Waals surface area contributed by atoms with Gasteiger partial charge >= 0.3 is 0 Å². The van der Waals surface area contributed by atoms with Gasteiger partial charge in [-0.1, -0.05) is 6.92 Å². The Kier molecular flexibility index (Phi) is 2.54. The quantitative estimate of drug-likeness (QED) is 0.607. The van der Waals surface area contributed by atoms with Crippen molar-refractivity contribution in [2.75, 3.05) is 13.1 Å². The van der Waals surface area contributed by atoms with E-state index in [4.69, 9.17) is 0 Å². The lowest BCUT2D eigenvalue weighted by atomic mass is 9.97. The van der Waals surface area contributed by atoms with Crippen molar-refractivity contribution < 1.29 is 9.59 Å². The average Bonchev–Trinajstić information content (AvgIpc) is 2.47. The minimum absolute atomic E-state index is 0.107. The van der Waals surface area contributed by atoms with Gasteiger partial charge in [-0.3, -0.25) is 19.8 Å². The molecule has 0 aliphatic carbocycles. The van der Waals surface area contributed by atoms with Crippen LogP contribution in [-0.2, 0) is 9.59 Å². The summed E-state index contributed by atoms with van der Waals surface area (Å²) in [5.41, 5.74) is 0. The Morgan fingerprint density at radius 3 is 2.43 bits per heavy atom. The van der Waals surface area contributed by atoms with E-state index in [2.05, 4.69) is 17.1 Å². The Morgan fingerprint density at radius 1 is 1.29 bits per heavy atom. The van der Waals surface area contributed by atoms with E-state index in [1.165, 1.54) is 0 Å². The molecule has 2 aliphatic heterocycles. The van der Waals surface area contributed by atoms with E-state index in [1.54, 1.807) is 0 Å². The van der Waals surface area contributed by atoms with E-state index in [1.807, 2.05) is 0 Å². The maximum Gasteiger partial charge on any atom is 0.244 e. The summed E-state index contributed by atoms with van der Waals surface area (Å²) in [6.45, 7) is 4.14. The lowest BCUT2D eigenvalue weighted by Crippen LogP contribution is -2.44. The fourth-order valence-electron chi connectivity index (χ4n) is 2.18. The van der Waals surface area contributed by atoms with Crippen LogP contribution in [-0.4, -0.2) is 35.8 Å². The molecule has 2 rings (SSSR count). The van der Waals surface area contributed by atoms with E-state index < -0.39 is 0 Å². The van der Waals surface area contributed by atoms with E-state index in [0.717, 1.165) is 31.8 Å². The van der Waals surface area contributed by atoms with Crippen LogP contribution in [0.2, 0.25) is 0 Å². The maximum absolute atomic E-state index is 11.4. The number of carbonyl (C=O) groups is 2.